The number of rotatable bonds is 6. The van der Waals surface area contributed by atoms with Crippen molar-refractivity contribution in [1.82, 2.24) is 15.2 Å². The van der Waals surface area contributed by atoms with Crippen LogP contribution in [-0.2, 0) is 11.2 Å². The van der Waals surface area contributed by atoms with Gasteiger partial charge in [-0.2, -0.15) is 0 Å². The standard InChI is InChI=1S/C21H19N5O2/c1-28-16-6-4-5-15(12-16)23-19-9-10-20(26-25-19)24-21(27)11-14-13-22-18-8-3-2-7-17(14)18/h2-10,12-13,22H,11H2,1H3,(H,23,25)(H,24,26,27). The highest BCUT2D eigenvalue weighted by molar-refractivity contribution is 5.95. The minimum Gasteiger partial charge on any atom is -0.497 e. The maximum atomic E-state index is 12.3. The monoisotopic (exact) mass is 373 g/mol. The zero-order chi connectivity index (χ0) is 19.3. The second-order valence-corrected chi connectivity index (χ2v) is 6.25. The van der Waals surface area contributed by atoms with Crippen LogP contribution in [-0.4, -0.2) is 28.2 Å². The van der Waals surface area contributed by atoms with E-state index in [-0.39, 0.29) is 12.3 Å². The molecule has 0 aliphatic carbocycles. The van der Waals surface area contributed by atoms with Gasteiger partial charge in [-0.05, 0) is 35.9 Å². The molecule has 2 heterocycles. The number of carbonyl (C=O) groups is 1. The minimum absolute atomic E-state index is 0.146. The van der Waals surface area contributed by atoms with Crippen molar-refractivity contribution < 1.29 is 9.53 Å². The molecule has 0 radical (unpaired) electrons. The van der Waals surface area contributed by atoms with Crippen LogP contribution in [0.1, 0.15) is 5.56 Å². The molecule has 0 aliphatic rings. The Bertz CT molecular complexity index is 1110. The average Bonchev–Trinajstić information content (AvgIpc) is 3.12. The van der Waals surface area contributed by atoms with Crippen LogP contribution >= 0.6 is 0 Å². The summed E-state index contributed by atoms with van der Waals surface area (Å²) < 4.78 is 5.20. The van der Waals surface area contributed by atoms with Gasteiger partial charge in [-0.15, -0.1) is 10.2 Å². The fraction of sp³-hybridized carbons (Fsp3) is 0.0952. The van der Waals surface area contributed by atoms with Crippen molar-refractivity contribution in [2.75, 3.05) is 17.7 Å². The number of H-pyrrole nitrogens is 1. The molecule has 0 unspecified atom stereocenters. The van der Waals surface area contributed by atoms with Gasteiger partial charge in [0, 0.05) is 28.9 Å². The van der Waals surface area contributed by atoms with Gasteiger partial charge in [0.05, 0.1) is 13.5 Å². The Hall–Kier alpha value is -3.87. The third kappa shape index (κ3) is 3.93. The molecular weight excluding hydrogens is 354 g/mol. The number of methoxy groups -OCH3 is 1. The highest BCUT2D eigenvalue weighted by Gasteiger charge is 2.10. The number of hydrogen-bond acceptors (Lipinski definition) is 5. The zero-order valence-corrected chi connectivity index (χ0v) is 15.3. The molecule has 4 rings (SSSR count). The fourth-order valence-corrected chi connectivity index (χ4v) is 2.95. The fourth-order valence-electron chi connectivity index (χ4n) is 2.95. The summed E-state index contributed by atoms with van der Waals surface area (Å²) in [6.45, 7) is 0. The van der Waals surface area contributed by atoms with Crippen molar-refractivity contribution in [1.29, 1.82) is 0 Å². The van der Waals surface area contributed by atoms with Gasteiger partial charge >= 0.3 is 0 Å². The van der Waals surface area contributed by atoms with Crippen LogP contribution in [0.3, 0.4) is 0 Å². The van der Waals surface area contributed by atoms with Crippen LogP contribution < -0.4 is 15.4 Å². The van der Waals surface area contributed by atoms with Gasteiger partial charge in [0.15, 0.2) is 11.6 Å². The molecule has 2 aromatic carbocycles. The van der Waals surface area contributed by atoms with Crippen LogP contribution in [0.25, 0.3) is 10.9 Å². The third-order valence-electron chi connectivity index (χ3n) is 4.30. The molecule has 0 saturated heterocycles. The van der Waals surface area contributed by atoms with Crippen molar-refractivity contribution >= 4 is 34.1 Å². The molecule has 0 spiro atoms. The van der Waals surface area contributed by atoms with E-state index >= 15 is 0 Å². The summed E-state index contributed by atoms with van der Waals surface area (Å²) in [7, 11) is 1.62. The Morgan fingerprint density at radius 2 is 1.86 bits per heavy atom. The summed E-state index contributed by atoms with van der Waals surface area (Å²) in [6.07, 6.45) is 2.12. The maximum absolute atomic E-state index is 12.3. The van der Waals surface area contributed by atoms with E-state index in [9.17, 15) is 4.79 Å². The first-order valence-electron chi connectivity index (χ1n) is 8.81. The lowest BCUT2D eigenvalue weighted by atomic mass is 10.1. The lowest BCUT2D eigenvalue weighted by Gasteiger charge is -2.08. The van der Waals surface area contributed by atoms with E-state index in [0.717, 1.165) is 27.9 Å². The van der Waals surface area contributed by atoms with Gasteiger partial charge in [0.25, 0.3) is 0 Å². The molecule has 2 aromatic heterocycles. The molecule has 28 heavy (non-hydrogen) atoms. The molecule has 7 heteroatoms. The topological polar surface area (TPSA) is 91.9 Å². The number of fused-ring (bicyclic) bond motifs is 1. The number of nitrogens with zero attached hydrogens (tertiary/aromatic N) is 2. The summed E-state index contributed by atoms with van der Waals surface area (Å²) in [5, 5.41) is 15.1. The third-order valence-corrected chi connectivity index (χ3v) is 4.30. The molecule has 0 bridgehead atoms. The van der Waals surface area contributed by atoms with Crippen LogP contribution in [0, 0.1) is 0 Å². The highest BCUT2D eigenvalue weighted by atomic mass is 16.5. The summed E-state index contributed by atoms with van der Waals surface area (Å²) in [5.74, 6) is 1.58. The molecule has 4 aromatic rings. The zero-order valence-electron chi connectivity index (χ0n) is 15.3. The van der Waals surface area contributed by atoms with Gasteiger partial charge in [0.2, 0.25) is 5.91 Å². The van der Waals surface area contributed by atoms with E-state index in [1.165, 1.54) is 0 Å². The number of hydrogen-bond donors (Lipinski definition) is 3. The number of anilines is 3. The smallest absolute Gasteiger partial charge is 0.230 e. The Kier molecular flexibility index (Phi) is 4.88. The van der Waals surface area contributed by atoms with Crippen LogP contribution in [0.15, 0.2) is 66.9 Å². The Labute approximate surface area is 161 Å². The van der Waals surface area contributed by atoms with E-state index in [1.807, 2.05) is 54.7 Å². The number of nitrogens with one attached hydrogen (secondary N) is 3. The maximum Gasteiger partial charge on any atom is 0.230 e. The minimum atomic E-state index is -0.146. The first kappa shape index (κ1) is 17.5. The molecule has 0 aliphatic heterocycles. The number of aromatic amines is 1. The van der Waals surface area contributed by atoms with Crippen LogP contribution in [0.4, 0.5) is 17.3 Å². The van der Waals surface area contributed by atoms with Gasteiger partial charge in [-0.1, -0.05) is 24.3 Å². The van der Waals surface area contributed by atoms with Crippen LogP contribution in [0.2, 0.25) is 0 Å². The summed E-state index contributed by atoms with van der Waals surface area (Å²) in [5.41, 5.74) is 2.79. The number of para-hydroxylation sites is 1. The number of amides is 1. The van der Waals surface area contributed by atoms with Crippen molar-refractivity contribution in [2.45, 2.75) is 6.42 Å². The number of carbonyl (C=O) groups excluding carboxylic acids is 1. The number of ether oxygens (including phenoxy) is 1. The number of benzene rings is 2. The van der Waals surface area contributed by atoms with E-state index in [2.05, 4.69) is 25.8 Å². The summed E-state index contributed by atoms with van der Waals surface area (Å²) in [6, 6.07) is 18.9. The quantitative estimate of drug-likeness (QED) is 0.477. The lowest BCUT2D eigenvalue weighted by Crippen LogP contribution is -2.15. The van der Waals surface area contributed by atoms with E-state index < -0.39 is 0 Å². The molecule has 0 fully saturated rings. The first-order chi connectivity index (χ1) is 13.7. The molecule has 1 amide bonds. The van der Waals surface area contributed by atoms with E-state index in [4.69, 9.17) is 4.74 Å². The predicted octanol–water partition coefficient (Wildman–Crippen LogP) is 3.89. The molecule has 7 nitrogen and oxygen atoms in total. The average molecular weight is 373 g/mol. The Morgan fingerprint density at radius 1 is 1.04 bits per heavy atom. The molecule has 0 atom stereocenters. The molecule has 0 saturated carbocycles. The first-order valence-corrected chi connectivity index (χ1v) is 8.81. The molecule has 140 valence electrons. The predicted molar refractivity (Wildman–Crippen MR) is 109 cm³/mol. The summed E-state index contributed by atoms with van der Waals surface area (Å²) >= 11 is 0. The highest BCUT2D eigenvalue weighted by Crippen LogP contribution is 2.21. The van der Waals surface area contributed by atoms with Crippen molar-refractivity contribution in [3.8, 4) is 5.75 Å². The second-order valence-electron chi connectivity index (χ2n) is 6.25. The van der Waals surface area contributed by atoms with E-state index in [1.54, 1.807) is 19.2 Å². The van der Waals surface area contributed by atoms with Crippen molar-refractivity contribution in [3.63, 3.8) is 0 Å². The normalized spacial score (nSPS) is 10.6. The van der Waals surface area contributed by atoms with Gasteiger partial charge < -0.3 is 20.4 Å². The largest absolute Gasteiger partial charge is 0.497 e. The van der Waals surface area contributed by atoms with E-state index in [0.29, 0.717) is 11.6 Å². The van der Waals surface area contributed by atoms with Crippen molar-refractivity contribution in [3.05, 3.63) is 72.4 Å². The van der Waals surface area contributed by atoms with Crippen LogP contribution in [0.5, 0.6) is 5.75 Å². The Morgan fingerprint density at radius 3 is 2.68 bits per heavy atom. The molecular formula is C21H19N5O2. The van der Waals surface area contributed by atoms with Gasteiger partial charge in [0.1, 0.15) is 5.75 Å². The van der Waals surface area contributed by atoms with Crippen molar-refractivity contribution in [2.24, 2.45) is 0 Å². The SMILES string of the molecule is COc1cccc(Nc2ccc(NC(=O)Cc3c[nH]c4ccccc34)nn2)c1. The molecule has 3 N–H and O–H groups in total. The summed E-state index contributed by atoms with van der Waals surface area (Å²) in [4.78, 5) is 15.5. The lowest BCUT2D eigenvalue weighted by molar-refractivity contribution is -0.115. The van der Waals surface area contributed by atoms with Gasteiger partial charge in [-0.3, -0.25) is 4.79 Å². The number of aromatic nitrogens is 3. The second kappa shape index (κ2) is 7.79. The van der Waals surface area contributed by atoms with Gasteiger partial charge in [-0.25, -0.2) is 0 Å². The Balaban J connectivity index is 1.39.